The first-order valence-corrected chi connectivity index (χ1v) is 17.4. The second kappa shape index (κ2) is 13.0. The number of anilines is 2. The summed E-state index contributed by atoms with van der Waals surface area (Å²) in [7, 11) is 3.03. The molecule has 42 heavy (non-hydrogen) atoms. The summed E-state index contributed by atoms with van der Waals surface area (Å²) in [5.41, 5.74) is 1.50. The van der Waals surface area contributed by atoms with Crippen LogP contribution < -0.4 is 34.8 Å². The number of morpholine rings is 1. The molecule has 0 saturated carbocycles. The molecule has 0 radical (unpaired) electrons. The Balaban J connectivity index is 1.25. The van der Waals surface area contributed by atoms with Crippen LogP contribution in [0.15, 0.2) is 28.7 Å². The van der Waals surface area contributed by atoms with Gasteiger partial charge in [-0.15, -0.1) is 0 Å². The molecular formula is C29H39N5O7Si. The molecule has 2 aliphatic rings. The summed E-state index contributed by atoms with van der Waals surface area (Å²) in [5, 5.41) is 7.32. The van der Waals surface area contributed by atoms with Gasteiger partial charge in [0.15, 0.2) is 22.9 Å². The average molecular weight is 598 g/mol. The van der Waals surface area contributed by atoms with Crippen molar-refractivity contribution in [3.63, 3.8) is 0 Å². The Morgan fingerprint density at radius 1 is 1.02 bits per heavy atom. The molecule has 1 aromatic carbocycles. The molecule has 13 heteroatoms. The largest absolute Gasteiger partial charge is 0.493 e. The van der Waals surface area contributed by atoms with Gasteiger partial charge in [-0.3, -0.25) is 9.69 Å². The van der Waals surface area contributed by atoms with Crippen molar-refractivity contribution >= 4 is 30.8 Å². The fourth-order valence-electron chi connectivity index (χ4n) is 5.27. The zero-order valence-electron chi connectivity index (χ0n) is 24.9. The first-order valence-electron chi connectivity index (χ1n) is 14.2. The van der Waals surface area contributed by atoms with E-state index in [0.29, 0.717) is 24.0 Å². The number of carbonyl (C=O) groups excluding carboxylic acids is 1. The Labute approximate surface area is 246 Å². The SMILES string of the molecule is COc1cc2c(cc1Oc1ccc(C(=O)Nc3c(OC)nc(NCCCN4CCOCC4)nc3OC)o1)[Si](C)(C)CC2. The van der Waals surface area contributed by atoms with Gasteiger partial charge in [-0.05, 0) is 49.2 Å². The third kappa shape index (κ3) is 6.63. The monoisotopic (exact) mass is 597 g/mol. The third-order valence-corrected chi connectivity index (χ3v) is 11.1. The number of ether oxygens (including phenoxy) is 5. The lowest BCUT2D eigenvalue weighted by atomic mass is 10.1. The summed E-state index contributed by atoms with van der Waals surface area (Å²) in [6, 6.07) is 8.43. The molecule has 0 unspecified atom stereocenters. The van der Waals surface area contributed by atoms with E-state index < -0.39 is 14.0 Å². The summed E-state index contributed by atoms with van der Waals surface area (Å²) in [6.45, 7) is 9.75. The zero-order chi connectivity index (χ0) is 29.7. The standard InChI is InChI=1S/C29H39N5O7Si/c1-36-21-17-19-9-16-42(4,5)23(19)18-22(21)41-24-8-7-20(40-24)26(35)31-25-27(37-2)32-29(33-28(25)38-3)30-10-6-11-34-12-14-39-15-13-34/h7-8,17-18H,6,9-16H2,1-5H3,(H,31,35)(H,30,32,33). The van der Waals surface area contributed by atoms with Crippen molar-refractivity contribution < 1.29 is 32.9 Å². The topological polar surface area (TPSA) is 129 Å². The number of amides is 1. The number of rotatable bonds is 12. The van der Waals surface area contributed by atoms with Crippen LogP contribution >= 0.6 is 0 Å². The molecule has 2 N–H and O–H groups in total. The summed E-state index contributed by atoms with van der Waals surface area (Å²) >= 11 is 0. The summed E-state index contributed by atoms with van der Waals surface area (Å²) in [4.78, 5) is 24.3. The highest BCUT2D eigenvalue weighted by Gasteiger charge is 2.33. The molecule has 12 nitrogen and oxygen atoms in total. The maximum Gasteiger partial charge on any atom is 0.291 e. The minimum absolute atomic E-state index is 0.0363. The molecule has 0 atom stereocenters. The number of methoxy groups -OCH3 is 3. The van der Waals surface area contributed by atoms with Gasteiger partial charge in [-0.2, -0.15) is 9.97 Å². The Morgan fingerprint density at radius 2 is 1.76 bits per heavy atom. The molecule has 0 spiro atoms. The second-order valence-corrected chi connectivity index (χ2v) is 15.7. The van der Waals surface area contributed by atoms with Crippen molar-refractivity contribution in [3.8, 4) is 29.2 Å². The predicted molar refractivity (Wildman–Crippen MR) is 161 cm³/mol. The van der Waals surface area contributed by atoms with E-state index in [2.05, 4.69) is 44.7 Å². The van der Waals surface area contributed by atoms with Crippen LogP contribution in [0.25, 0.3) is 0 Å². The van der Waals surface area contributed by atoms with Gasteiger partial charge >= 0.3 is 0 Å². The third-order valence-electron chi connectivity index (χ3n) is 7.66. The predicted octanol–water partition coefficient (Wildman–Crippen LogP) is 3.75. The Hall–Kier alpha value is -3.81. The molecule has 1 amide bonds. The molecular weight excluding hydrogens is 558 g/mol. The minimum atomic E-state index is -1.52. The van der Waals surface area contributed by atoms with Crippen LogP contribution in [0.5, 0.6) is 29.2 Å². The lowest BCUT2D eigenvalue weighted by molar-refractivity contribution is 0.0378. The summed E-state index contributed by atoms with van der Waals surface area (Å²) in [6.07, 6.45) is 1.96. The average Bonchev–Trinajstić information content (AvgIpc) is 3.59. The van der Waals surface area contributed by atoms with Crippen molar-refractivity contribution in [2.45, 2.75) is 32.0 Å². The molecule has 1 fully saturated rings. The van der Waals surface area contributed by atoms with Crippen molar-refractivity contribution in [3.05, 3.63) is 35.6 Å². The van der Waals surface area contributed by atoms with E-state index in [-0.39, 0.29) is 29.2 Å². The van der Waals surface area contributed by atoms with Crippen molar-refractivity contribution in [2.75, 3.05) is 71.4 Å². The highest BCUT2D eigenvalue weighted by atomic mass is 28.3. The number of hydrogen-bond acceptors (Lipinski definition) is 11. The number of furan rings is 1. The van der Waals surface area contributed by atoms with Gasteiger partial charge in [0.2, 0.25) is 17.7 Å². The number of benzene rings is 1. The normalized spacial score (nSPS) is 16.0. The summed E-state index contributed by atoms with van der Waals surface area (Å²) < 4.78 is 33.7. The quantitative estimate of drug-likeness (QED) is 0.234. The van der Waals surface area contributed by atoms with Gasteiger partial charge in [0, 0.05) is 25.7 Å². The van der Waals surface area contributed by atoms with Gasteiger partial charge < -0.3 is 38.7 Å². The van der Waals surface area contributed by atoms with E-state index in [0.717, 1.165) is 45.7 Å². The molecule has 2 aliphatic heterocycles. The van der Waals surface area contributed by atoms with Gasteiger partial charge in [-0.1, -0.05) is 18.3 Å². The van der Waals surface area contributed by atoms with Gasteiger partial charge in [0.1, 0.15) is 0 Å². The highest BCUT2D eigenvalue weighted by Crippen LogP contribution is 2.37. The number of carbonyl (C=O) groups is 1. The van der Waals surface area contributed by atoms with E-state index in [1.807, 2.05) is 6.07 Å². The number of fused-ring (bicyclic) bond motifs is 1. The van der Waals surface area contributed by atoms with Crippen LogP contribution in [0.3, 0.4) is 0 Å². The zero-order valence-corrected chi connectivity index (χ0v) is 25.9. The minimum Gasteiger partial charge on any atom is -0.493 e. The van der Waals surface area contributed by atoms with E-state index in [1.54, 1.807) is 13.2 Å². The van der Waals surface area contributed by atoms with Crippen LogP contribution in [-0.2, 0) is 11.2 Å². The molecule has 2 aromatic heterocycles. The van der Waals surface area contributed by atoms with Crippen LogP contribution in [0.4, 0.5) is 11.6 Å². The lowest BCUT2D eigenvalue weighted by Gasteiger charge is -2.26. The molecule has 1 saturated heterocycles. The smallest absolute Gasteiger partial charge is 0.291 e. The molecule has 3 aromatic rings. The molecule has 4 heterocycles. The number of nitrogens with one attached hydrogen (secondary N) is 2. The molecule has 0 bridgehead atoms. The van der Waals surface area contributed by atoms with Gasteiger partial charge in [0.05, 0.1) is 42.6 Å². The van der Waals surface area contributed by atoms with Crippen molar-refractivity contribution in [1.82, 2.24) is 14.9 Å². The molecule has 0 aliphatic carbocycles. The fraction of sp³-hybridized carbons (Fsp3) is 0.483. The first-order chi connectivity index (χ1) is 20.3. The van der Waals surface area contributed by atoms with Crippen LogP contribution in [0, 0.1) is 0 Å². The molecule has 5 rings (SSSR count). The van der Waals surface area contributed by atoms with E-state index in [9.17, 15) is 4.79 Å². The molecule has 226 valence electrons. The van der Waals surface area contributed by atoms with E-state index in [1.165, 1.54) is 37.1 Å². The number of nitrogens with zero attached hydrogens (tertiary/aromatic N) is 3. The maximum absolute atomic E-state index is 13.1. The number of aryl methyl sites for hydroxylation is 1. The van der Waals surface area contributed by atoms with Crippen LogP contribution in [0.2, 0.25) is 19.1 Å². The van der Waals surface area contributed by atoms with Gasteiger partial charge in [0.25, 0.3) is 11.9 Å². The van der Waals surface area contributed by atoms with Gasteiger partial charge in [-0.25, -0.2) is 0 Å². The van der Waals surface area contributed by atoms with Crippen LogP contribution in [0.1, 0.15) is 22.5 Å². The summed E-state index contributed by atoms with van der Waals surface area (Å²) in [5.74, 6) is 1.51. The Kier molecular flexibility index (Phi) is 9.19. The number of hydrogen-bond donors (Lipinski definition) is 2. The second-order valence-electron chi connectivity index (χ2n) is 10.9. The van der Waals surface area contributed by atoms with Crippen molar-refractivity contribution in [1.29, 1.82) is 0 Å². The van der Waals surface area contributed by atoms with Crippen LogP contribution in [-0.4, -0.2) is 89.6 Å². The van der Waals surface area contributed by atoms with E-state index in [4.69, 9.17) is 28.1 Å². The number of aromatic nitrogens is 2. The lowest BCUT2D eigenvalue weighted by Crippen LogP contribution is -2.37. The Bertz CT molecular complexity index is 1380. The Morgan fingerprint density at radius 3 is 2.45 bits per heavy atom. The van der Waals surface area contributed by atoms with Crippen molar-refractivity contribution in [2.24, 2.45) is 0 Å². The maximum atomic E-state index is 13.1. The fourth-order valence-corrected chi connectivity index (χ4v) is 8.02. The van der Waals surface area contributed by atoms with E-state index >= 15 is 0 Å². The highest BCUT2D eigenvalue weighted by molar-refractivity contribution is 6.91. The first kappa shape index (κ1) is 29.7.